The molecule has 1 N–H and O–H groups in total. The number of aromatic nitrogens is 1. The third-order valence-corrected chi connectivity index (χ3v) is 8.32. The van der Waals surface area contributed by atoms with Crippen LogP contribution in [-0.2, 0) is 20.9 Å². The van der Waals surface area contributed by atoms with Gasteiger partial charge in [0.05, 0.1) is 30.1 Å². The Hall–Kier alpha value is -2.64. The van der Waals surface area contributed by atoms with Gasteiger partial charge in [0.1, 0.15) is 17.7 Å². The van der Waals surface area contributed by atoms with E-state index in [1.54, 1.807) is 0 Å². The Balaban J connectivity index is 1.70. The van der Waals surface area contributed by atoms with Gasteiger partial charge in [0.15, 0.2) is 0 Å². The molecule has 194 valence electrons. The zero-order chi connectivity index (χ0) is 26.0. The first kappa shape index (κ1) is 25.0. The highest BCUT2D eigenvalue weighted by molar-refractivity contribution is 7.90. The van der Waals surface area contributed by atoms with Crippen LogP contribution in [0.2, 0.25) is 0 Å². The normalized spacial score (nSPS) is 18.1. The van der Waals surface area contributed by atoms with Crippen molar-refractivity contribution in [3.8, 4) is 11.1 Å². The summed E-state index contributed by atoms with van der Waals surface area (Å²) in [5.41, 5.74) is -2.62. The number of benzene rings is 2. The number of rotatable bonds is 7. The van der Waals surface area contributed by atoms with Crippen molar-refractivity contribution in [3.05, 3.63) is 59.3 Å². The van der Waals surface area contributed by atoms with Crippen LogP contribution in [0.4, 0.5) is 30.7 Å². The molecule has 36 heavy (non-hydrogen) atoms. The van der Waals surface area contributed by atoms with Gasteiger partial charge in [-0.1, -0.05) is 6.07 Å². The highest BCUT2D eigenvalue weighted by atomic mass is 32.2. The first-order valence-corrected chi connectivity index (χ1v) is 12.5. The van der Waals surface area contributed by atoms with Crippen LogP contribution in [-0.4, -0.2) is 37.9 Å². The van der Waals surface area contributed by atoms with E-state index in [2.05, 4.69) is 0 Å². The molecule has 0 bridgehead atoms. The molecular weight excluding hydrogens is 517 g/mol. The van der Waals surface area contributed by atoms with Crippen molar-refractivity contribution in [2.24, 2.45) is 0 Å². The van der Waals surface area contributed by atoms with Crippen molar-refractivity contribution in [1.82, 2.24) is 9.29 Å². The van der Waals surface area contributed by atoms with Gasteiger partial charge in [-0.25, -0.2) is 30.7 Å². The molecule has 1 atom stereocenters. The monoisotopic (exact) mass is 536 g/mol. The van der Waals surface area contributed by atoms with Crippen LogP contribution in [0.5, 0.6) is 0 Å². The minimum atomic E-state index is -4.99. The molecule has 13 heteroatoms. The third-order valence-electron chi connectivity index (χ3n) is 6.39. The van der Waals surface area contributed by atoms with Crippen LogP contribution >= 0.6 is 0 Å². The van der Waals surface area contributed by atoms with Crippen LogP contribution in [0.15, 0.2) is 36.5 Å². The summed E-state index contributed by atoms with van der Waals surface area (Å²) in [7, 11) is -4.06. The Morgan fingerprint density at radius 3 is 2.28 bits per heavy atom. The smallest absolute Gasteiger partial charge is 0.377 e. The molecule has 1 saturated carbocycles. The number of fused-ring (bicyclic) bond motifs is 1. The predicted molar refractivity (Wildman–Crippen MR) is 116 cm³/mol. The molecule has 5 rings (SSSR count). The van der Waals surface area contributed by atoms with E-state index in [9.17, 15) is 34.8 Å². The minimum Gasteiger partial charge on any atom is -0.377 e. The lowest BCUT2D eigenvalue weighted by atomic mass is 9.96. The van der Waals surface area contributed by atoms with E-state index >= 15 is 4.39 Å². The molecule has 0 radical (unpaired) electrons. The maximum Gasteiger partial charge on any atom is 0.417 e. The molecule has 2 aromatic carbocycles. The number of hydrogen-bond donors (Lipinski definition) is 1. The molecule has 0 amide bonds. The Labute approximate surface area is 200 Å². The zero-order valence-electron chi connectivity index (χ0n) is 18.3. The highest BCUT2D eigenvalue weighted by Crippen LogP contribution is 2.42. The van der Waals surface area contributed by atoms with Crippen molar-refractivity contribution in [2.75, 3.05) is 13.2 Å². The summed E-state index contributed by atoms with van der Waals surface area (Å²) >= 11 is 0. The average Bonchev–Trinajstić information content (AvgIpc) is 3.55. The van der Waals surface area contributed by atoms with E-state index < -0.39 is 62.2 Å². The first-order valence-electron chi connectivity index (χ1n) is 10.9. The third kappa shape index (κ3) is 4.48. The van der Waals surface area contributed by atoms with Crippen LogP contribution in [0.1, 0.15) is 36.1 Å². The van der Waals surface area contributed by atoms with E-state index in [1.807, 2.05) is 4.72 Å². The van der Waals surface area contributed by atoms with Gasteiger partial charge in [-0.05, 0) is 42.7 Å². The zero-order valence-corrected chi connectivity index (χ0v) is 19.1. The SMILES string of the molecule is O=S(=O)(N[C@@H](c1cn(C2COC2)c2cc(-c3ccc(F)cc3C(F)(F)F)c(F)cc12)C(F)F)C1CC1. The number of halogens is 7. The summed E-state index contributed by atoms with van der Waals surface area (Å²) < 4.78 is 131. The van der Waals surface area contributed by atoms with Crippen molar-refractivity contribution in [2.45, 2.75) is 42.8 Å². The van der Waals surface area contributed by atoms with Gasteiger partial charge >= 0.3 is 6.18 Å². The number of alkyl halides is 5. The van der Waals surface area contributed by atoms with E-state index in [0.717, 1.165) is 24.3 Å². The van der Waals surface area contributed by atoms with E-state index in [1.165, 1.54) is 10.8 Å². The lowest BCUT2D eigenvalue weighted by molar-refractivity contribution is -0.137. The number of ether oxygens (including phenoxy) is 1. The molecule has 0 unspecified atom stereocenters. The molecule has 1 aliphatic carbocycles. The fourth-order valence-electron chi connectivity index (χ4n) is 4.32. The quantitative estimate of drug-likeness (QED) is 0.402. The highest BCUT2D eigenvalue weighted by Gasteiger charge is 2.41. The van der Waals surface area contributed by atoms with Crippen LogP contribution in [0, 0.1) is 11.6 Å². The molecule has 3 aromatic rings. The van der Waals surface area contributed by atoms with Gasteiger partial charge in [-0.2, -0.15) is 13.2 Å². The molecule has 5 nitrogen and oxygen atoms in total. The van der Waals surface area contributed by atoms with Crippen molar-refractivity contribution in [1.29, 1.82) is 0 Å². The minimum absolute atomic E-state index is 0.0809. The predicted octanol–water partition coefficient (Wildman–Crippen LogP) is 5.56. The lowest BCUT2D eigenvalue weighted by Crippen LogP contribution is -2.35. The van der Waals surface area contributed by atoms with Gasteiger partial charge in [0.2, 0.25) is 10.0 Å². The number of sulfonamides is 1. The second-order valence-electron chi connectivity index (χ2n) is 8.89. The van der Waals surface area contributed by atoms with Gasteiger partial charge in [0, 0.05) is 28.2 Å². The summed E-state index contributed by atoms with van der Waals surface area (Å²) in [6.45, 7) is 0.348. The summed E-state index contributed by atoms with van der Waals surface area (Å²) in [4.78, 5) is 0. The maximum absolute atomic E-state index is 15.3. The number of hydrogen-bond acceptors (Lipinski definition) is 3. The van der Waals surface area contributed by atoms with Crippen LogP contribution < -0.4 is 4.72 Å². The molecule has 0 spiro atoms. The van der Waals surface area contributed by atoms with Crippen molar-refractivity contribution < 1.29 is 43.9 Å². The summed E-state index contributed by atoms with van der Waals surface area (Å²) in [5.74, 6) is -2.32. The standard InChI is InChI=1S/C23H19F7N2O3S/c24-11-1-4-14(18(5-11)23(28,29)30)15-7-20-16(6-19(15)25)17(8-32(20)12-9-35-10-12)21(22(26)27)31-36(33,34)13-2-3-13/h1,4-8,12-13,21-22,31H,2-3,9-10H2/t21-/m0/s1. The fraction of sp³-hybridized carbons (Fsp3) is 0.391. The molecule has 1 aromatic heterocycles. The number of nitrogens with one attached hydrogen (secondary N) is 1. The van der Waals surface area contributed by atoms with Gasteiger partial charge in [-0.15, -0.1) is 0 Å². The topological polar surface area (TPSA) is 60.3 Å². The van der Waals surface area contributed by atoms with Crippen molar-refractivity contribution >= 4 is 20.9 Å². The Morgan fingerprint density at radius 1 is 1.03 bits per heavy atom. The van der Waals surface area contributed by atoms with Gasteiger partial charge in [-0.3, -0.25) is 0 Å². The second-order valence-corrected chi connectivity index (χ2v) is 10.9. The van der Waals surface area contributed by atoms with Gasteiger partial charge < -0.3 is 9.30 Å². The fourth-order valence-corrected chi connectivity index (χ4v) is 5.86. The van der Waals surface area contributed by atoms with Crippen molar-refractivity contribution in [3.63, 3.8) is 0 Å². The Bertz CT molecular complexity index is 1430. The molecular formula is C23H19F7N2O3S. The largest absolute Gasteiger partial charge is 0.417 e. The average molecular weight is 536 g/mol. The summed E-state index contributed by atoms with van der Waals surface area (Å²) in [6.07, 6.45) is -6.25. The summed E-state index contributed by atoms with van der Waals surface area (Å²) in [6, 6.07) is 1.32. The molecule has 2 heterocycles. The maximum atomic E-state index is 15.3. The molecule has 2 fully saturated rings. The number of nitrogens with zero attached hydrogens (tertiary/aromatic N) is 1. The molecule has 1 aliphatic heterocycles. The second kappa shape index (κ2) is 8.73. The summed E-state index contributed by atoms with van der Waals surface area (Å²) in [5, 5.41) is -0.864. The van der Waals surface area contributed by atoms with Gasteiger partial charge in [0.25, 0.3) is 6.43 Å². The van der Waals surface area contributed by atoms with E-state index in [4.69, 9.17) is 4.74 Å². The van der Waals surface area contributed by atoms with Crippen LogP contribution in [0.3, 0.4) is 0 Å². The molecule has 2 aliphatic rings. The van der Waals surface area contributed by atoms with Crippen LogP contribution in [0.25, 0.3) is 22.0 Å². The molecule has 1 saturated heterocycles. The Morgan fingerprint density at radius 2 is 1.72 bits per heavy atom. The lowest BCUT2D eigenvalue weighted by Gasteiger charge is -2.28. The first-order chi connectivity index (χ1) is 16.9. The van der Waals surface area contributed by atoms with E-state index in [0.29, 0.717) is 12.8 Å². The Kier molecular flexibility index (Phi) is 6.07. The van der Waals surface area contributed by atoms with E-state index in [-0.39, 0.29) is 41.8 Å².